The van der Waals surface area contributed by atoms with Gasteiger partial charge in [0.15, 0.2) is 0 Å². The number of benzene rings is 3. The minimum Gasteiger partial charge on any atom is -0.392 e. The van der Waals surface area contributed by atoms with E-state index < -0.39 is 23.4 Å². The zero-order chi connectivity index (χ0) is 22.4. The number of anilines is 1. The second-order valence-corrected chi connectivity index (χ2v) is 9.50. The number of aliphatic hydroxyl groups is 1. The fraction of sp³-hybridized carbons (Fsp3) is 0.286. The summed E-state index contributed by atoms with van der Waals surface area (Å²) in [5, 5.41) is 11.4. The van der Waals surface area contributed by atoms with Crippen molar-refractivity contribution in [3.63, 3.8) is 0 Å². The highest BCUT2D eigenvalue weighted by Gasteiger charge is 2.69. The fourth-order valence-corrected chi connectivity index (χ4v) is 6.74. The summed E-state index contributed by atoms with van der Waals surface area (Å²) in [6.07, 6.45) is -0.839. The van der Waals surface area contributed by atoms with Gasteiger partial charge in [0.25, 0.3) is 0 Å². The van der Waals surface area contributed by atoms with Crippen molar-refractivity contribution < 1.29 is 14.7 Å². The van der Waals surface area contributed by atoms with Crippen LogP contribution < -0.4 is 4.90 Å². The fourth-order valence-electron chi connectivity index (χ4n) is 6.74. The van der Waals surface area contributed by atoms with Crippen LogP contribution in [0.2, 0.25) is 0 Å². The van der Waals surface area contributed by atoms with Crippen molar-refractivity contribution in [3.8, 4) is 0 Å². The van der Waals surface area contributed by atoms with Crippen molar-refractivity contribution >= 4 is 17.5 Å². The summed E-state index contributed by atoms with van der Waals surface area (Å²) >= 11 is 0. The van der Waals surface area contributed by atoms with E-state index in [1.165, 1.54) is 4.90 Å². The van der Waals surface area contributed by atoms with Crippen molar-refractivity contribution in [2.45, 2.75) is 38.2 Å². The van der Waals surface area contributed by atoms with Crippen LogP contribution in [0.25, 0.3) is 0 Å². The lowest BCUT2D eigenvalue weighted by Crippen LogP contribution is -2.58. The molecule has 0 saturated carbocycles. The van der Waals surface area contributed by atoms with Crippen LogP contribution in [0, 0.1) is 25.7 Å². The monoisotopic (exact) mass is 423 g/mol. The van der Waals surface area contributed by atoms with Gasteiger partial charge in [-0.1, -0.05) is 60.7 Å². The zero-order valence-corrected chi connectivity index (χ0v) is 18.4. The first-order valence-electron chi connectivity index (χ1n) is 11.2. The highest BCUT2D eigenvalue weighted by molar-refractivity contribution is 6.24. The smallest absolute Gasteiger partial charge is 0.239 e. The molecule has 3 atom stereocenters. The molecule has 0 unspecified atom stereocenters. The van der Waals surface area contributed by atoms with Gasteiger partial charge in [-0.25, -0.2) is 4.90 Å². The van der Waals surface area contributed by atoms with Crippen LogP contribution in [0.5, 0.6) is 0 Å². The molecular weight excluding hydrogens is 398 g/mol. The van der Waals surface area contributed by atoms with Crippen LogP contribution in [0.4, 0.5) is 5.69 Å². The zero-order valence-electron chi connectivity index (χ0n) is 18.4. The summed E-state index contributed by atoms with van der Waals surface area (Å²) in [6, 6.07) is 21.9. The molecule has 7 rings (SSSR count). The predicted octanol–water partition coefficient (Wildman–Crippen LogP) is 4.24. The van der Waals surface area contributed by atoms with Gasteiger partial charge in [0.05, 0.1) is 29.0 Å². The molecule has 2 amide bonds. The van der Waals surface area contributed by atoms with Crippen molar-refractivity contribution in [2.24, 2.45) is 11.8 Å². The van der Waals surface area contributed by atoms with Gasteiger partial charge in [-0.2, -0.15) is 0 Å². The number of hydrogen-bond acceptors (Lipinski definition) is 3. The first kappa shape index (κ1) is 19.4. The van der Waals surface area contributed by atoms with Gasteiger partial charge in [0, 0.05) is 5.92 Å². The predicted molar refractivity (Wildman–Crippen MR) is 123 cm³/mol. The van der Waals surface area contributed by atoms with E-state index in [4.69, 9.17) is 0 Å². The van der Waals surface area contributed by atoms with Gasteiger partial charge in [-0.3, -0.25) is 9.59 Å². The molecular formula is C28H25NO3. The molecule has 160 valence electrons. The Bertz CT molecular complexity index is 1260. The summed E-state index contributed by atoms with van der Waals surface area (Å²) in [7, 11) is 0. The Morgan fingerprint density at radius 3 is 2.06 bits per heavy atom. The third kappa shape index (κ3) is 2.11. The average Bonchev–Trinajstić information content (AvgIpc) is 3.06. The normalized spacial score (nSPS) is 28.4. The third-order valence-electron chi connectivity index (χ3n) is 7.95. The number of carbonyl (C=O) groups excluding carboxylic acids is 2. The van der Waals surface area contributed by atoms with Crippen LogP contribution in [0.1, 0.15) is 46.2 Å². The van der Waals surface area contributed by atoms with E-state index in [2.05, 4.69) is 12.1 Å². The summed E-state index contributed by atoms with van der Waals surface area (Å²) in [5.74, 6) is -1.72. The van der Waals surface area contributed by atoms with Gasteiger partial charge in [-0.15, -0.1) is 0 Å². The Labute approximate surface area is 187 Å². The van der Waals surface area contributed by atoms with Gasteiger partial charge in [-0.05, 0) is 60.2 Å². The molecule has 0 spiro atoms. The minimum atomic E-state index is -0.953. The van der Waals surface area contributed by atoms with Gasteiger partial charge in [0.1, 0.15) is 0 Å². The van der Waals surface area contributed by atoms with Crippen LogP contribution in [-0.4, -0.2) is 23.0 Å². The number of nitrogens with zero attached hydrogens (tertiary/aromatic N) is 1. The van der Waals surface area contributed by atoms with E-state index in [-0.39, 0.29) is 17.7 Å². The molecule has 0 aromatic heterocycles. The largest absolute Gasteiger partial charge is 0.392 e. The molecule has 4 nitrogen and oxygen atoms in total. The van der Waals surface area contributed by atoms with Crippen LogP contribution in [-0.2, 0) is 15.0 Å². The number of hydrogen-bond donors (Lipinski definition) is 1. The maximum absolute atomic E-state index is 14.1. The maximum Gasteiger partial charge on any atom is 0.239 e. The number of imide groups is 1. The summed E-state index contributed by atoms with van der Waals surface area (Å²) in [6.45, 7) is 5.65. The molecule has 3 aliphatic carbocycles. The minimum absolute atomic E-state index is 0.160. The molecule has 0 radical (unpaired) electrons. The summed E-state index contributed by atoms with van der Waals surface area (Å²) < 4.78 is 0. The number of amides is 2. The van der Waals surface area contributed by atoms with Crippen LogP contribution in [0.3, 0.4) is 0 Å². The van der Waals surface area contributed by atoms with Crippen molar-refractivity contribution in [1.82, 2.24) is 0 Å². The van der Waals surface area contributed by atoms with E-state index in [1.807, 2.05) is 68.4 Å². The van der Waals surface area contributed by atoms with Gasteiger partial charge >= 0.3 is 0 Å². The van der Waals surface area contributed by atoms with E-state index in [0.717, 1.165) is 33.4 Å². The molecule has 2 bridgehead atoms. The summed E-state index contributed by atoms with van der Waals surface area (Å²) in [4.78, 5) is 29.5. The first-order valence-corrected chi connectivity index (χ1v) is 11.2. The second kappa shape index (κ2) is 6.39. The van der Waals surface area contributed by atoms with Gasteiger partial charge < -0.3 is 5.11 Å². The van der Waals surface area contributed by atoms with E-state index in [9.17, 15) is 14.7 Å². The standard InChI is InChI=1S/C28H25NO3/c1-15-12-13-16(2)22(14-15)29-26(31)24-23-18-8-4-6-10-20(18)28(17(3)30,25(24)27(29)32)21-11-7-5-9-19(21)23/h4-14,17,23-25,30H,1-3H3/t17-,23?,24+,25-,28?/m0/s1. The molecule has 1 heterocycles. The summed E-state index contributed by atoms with van der Waals surface area (Å²) in [5.41, 5.74) is 5.65. The average molecular weight is 424 g/mol. The molecule has 4 aliphatic rings. The van der Waals surface area contributed by atoms with E-state index in [1.54, 1.807) is 6.92 Å². The number of rotatable bonds is 2. The Hall–Kier alpha value is -3.24. The van der Waals surface area contributed by atoms with E-state index in [0.29, 0.717) is 5.69 Å². The molecule has 3 aromatic carbocycles. The lowest BCUT2D eigenvalue weighted by atomic mass is 9.46. The number of aliphatic hydroxyl groups excluding tert-OH is 1. The highest BCUT2D eigenvalue weighted by Crippen LogP contribution is 2.65. The second-order valence-electron chi connectivity index (χ2n) is 9.50. The van der Waals surface area contributed by atoms with Crippen LogP contribution in [0.15, 0.2) is 66.7 Å². The lowest BCUT2D eigenvalue weighted by molar-refractivity contribution is -0.126. The maximum atomic E-state index is 14.1. The molecule has 1 aliphatic heterocycles. The topological polar surface area (TPSA) is 57.6 Å². The quantitative estimate of drug-likeness (QED) is 0.628. The van der Waals surface area contributed by atoms with E-state index >= 15 is 0 Å². The number of carbonyl (C=O) groups is 2. The first-order chi connectivity index (χ1) is 15.4. The Balaban J connectivity index is 1.67. The number of aryl methyl sites for hydroxylation is 2. The van der Waals surface area contributed by atoms with Crippen molar-refractivity contribution in [2.75, 3.05) is 4.90 Å². The molecule has 32 heavy (non-hydrogen) atoms. The molecule has 1 fully saturated rings. The SMILES string of the molecule is Cc1ccc(C)c(N2C(=O)[C@@H]3C4c5ccccc5C([C@H](C)O)(c5ccccc54)[C@@H]3C2=O)c1. The molecule has 3 aromatic rings. The highest BCUT2D eigenvalue weighted by atomic mass is 16.3. The van der Waals surface area contributed by atoms with Crippen molar-refractivity contribution in [3.05, 3.63) is 100 Å². The molecule has 1 saturated heterocycles. The molecule has 1 N–H and O–H groups in total. The Morgan fingerprint density at radius 1 is 0.875 bits per heavy atom. The van der Waals surface area contributed by atoms with Crippen molar-refractivity contribution in [1.29, 1.82) is 0 Å². The Morgan fingerprint density at radius 2 is 1.47 bits per heavy atom. The Kier molecular flexibility index (Phi) is 3.89. The van der Waals surface area contributed by atoms with Gasteiger partial charge in [0.2, 0.25) is 11.8 Å². The third-order valence-corrected chi connectivity index (χ3v) is 7.95. The molecule has 4 heteroatoms. The van der Waals surface area contributed by atoms with Crippen LogP contribution >= 0.6 is 0 Å². The lowest BCUT2D eigenvalue weighted by Gasteiger charge is -2.55.